The smallest absolute Gasteiger partial charge is 0.230 e. The lowest BCUT2D eigenvalue weighted by Gasteiger charge is -1.98. The number of nitrogens with zero attached hydrogens (tertiary/aromatic N) is 2. The molecule has 0 atom stereocenters. The van der Waals surface area contributed by atoms with E-state index in [1.165, 1.54) is 23.1 Å². The molecule has 0 saturated carbocycles. The summed E-state index contributed by atoms with van der Waals surface area (Å²) < 4.78 is 0.796. The molecule has 1 heterocycles. The fraction of sp³-hybridized carbons (Fsp3) is 0.444. The van der Waals surface area contributed by atoms with Crippen LogP contribution in [-0.4, -0.2) is 34.9 Å². The van der Waals surface area contributed by atoms with E-state index in [0.29, 0.717) is 12.3 Å². The summed E-state index contributed by atoms with van der Waals surface area (Å²) in [7, 11) is 0. The van der Waals surface area contributed by atoms with Crippen molar-refractivity contribution in [2.75, 3.05) is 24.2 Å². The molecule has 16 heavy (non-hydrogen) atoms. The first kappa shape index (κ1) is 13.0. The molecule has 1 amide bonds. The van der Waals surface area contributed by atoms with Crippen molar-refractivity contribution in [3.63, 3.8) is 0 Å². The molecule has 1 aromatic heterocycles. The van der Waals surface area contributed by atoms with Crippen LogP contribution in [-0.2, 0) is 4.79 Å². The van der Waals surface area contributed by atoms with Crippen LogP contribution in [0.5, 0.6) is 0 Å². The largest absolute Gasteiger partial charge is 0.360 e. The van der Waals surface area contributed by atoms with Crippen molar-refractivity contribution in [2.24, 2.45) is 0 Å². The van der Waals surface area contributed by atoms with Crippen LogP contribution in [0.4, 0.5) is 5.13 Å². The van der Waals surface area contributed by atoms with E-state index in [4.69, 9.17) is 0 Å². The second kappa shape index (κ2) is 7.24. The number of thioether (sulfide) groups is 1. The standard InChI is InChI=1S/C9H14N4OS2/c1-3-5-11-7(14)6-15-9-13-12-8(16-9)10-4-2/h3H,1,4-6H2,2H3,(H,10,12)(H,11,14). The van der Waals surface area contributed by atoms with Crippen LogP contribution < -0.4 is 10.6 Å². The van der Waals surface area contributed by atoms with Gasteiger partial charge in [-0.15, -0.1) is 16.8 Å². The summed E-state index contributed by atoms with van der Waals surface area (Å²) >= 11 is 2.84. The molecule has 0 aliphatic carbocycles. The van der Waals surface area contributed by atoms with E-state index in [1.54, 1.807) is 6.08 Å². The Kier molecular flexibility index (Phi) is 5.87. The van der Waals surface area contributed by atoms with Gasteiger partial charge in [0.2, 0.25) is 11.0 Å². The molecule has 0 spiro atoms. The summed E-state index contributed by atoms with van der Waals surface area (Å²) in [5, 5.41) is 14.4. The predicted octanol–water partition coefficient (Wildman–Crippen LogP) is 1.36. The van der Waals surface area contributed by atoms with Gasteiger partial charge in [0, 0.05) is 13.1 Å². The first-order chi connectivity index (χ1) is 7.76. The number of hydrogen-bond acceptors (Lipinski definition) is 6. The Bertz CT molecular complexity index is 353. The van der Waals surface area contributed by atoms with Crippen molar-refractivity contribution >= 4 is 34.1 Å². The molecule has 5 nitrogen and oxygen atoms in total. The van der Waals surface area contributed by atoms with Crippen LogP contribution in [0.25, 0.3) is 0 Å². The first-order valence-corrected chi connectivity index (χ1v) is 6.64. The van der Waals surface area contributed by atoms with Crippen molar-refractivity contribution < 1.29 is 4.79 Å². The number of carbonyl (C=O) groups excluding carboxylic acids is 1. The van der Waals surface area contributed by atoms with E-state index in [9.17, 15) is 4.79 Å². The van der Waals surface area contributed by atoms with E-state index in [1.807, 2.05) is 6.92 Å². The fourth-order valence-electron chi connectivity index (χ4n) is 0.855. The molecule has 1 aromatic rings. The van der Waals surface area contributed by atoms with Gasteiger partial charge >= 0.3 is 0 Å². The maximum absolute atomic E-state index is 11.3. The van der Waals surface area contributed by atoms with Crippen molar-refractivity contribution in [2.45, 2.75) is 11.3 Å². The molecule has 1 rings (SSSR count). The van der Waals surface area contributed by atoms with Gasteiger partial charge < -0.3 is 10.6 Å². The van der Waals surface area contributed by atoms with E-state index in [2.05, 4.69) is 27.4 Å². The normalized spacial score (nSPS) is 9.81. The zero-order valence-corrected chi connectivity index (χ0v) is 10.7. The van der Waals surface area contributed by atoms with Crippen LogP contribution in [0.2, 0.25) is 0 Å². The van der Waals surface area contributed by atoms with Crippen LogP contribution in [0, 0.1) is 0 Å². The maximum Gasteiger partial charge on any atom is 0.230 e. The lowest BCUT2D eigenvalue weighted by Crippen LogP contribution is -2.24. The summed E-state index contributed by atoms with van der Waals surface area (Å²) in [6.45, 7) is 6.84. The van der Waals surface area contributed by atoms with Gasteiger partial charge in [-0.05, 0) is 6.92 Å². The minimum Gasteiger partial charge on any atom is -0.360 e. The molecular formula is C9H14N4OS2. The van der Waals surface area contributed by atoms with Gasteiger partial charge in [-0.25, -0.2) is 0 Å². The average Bonchev–Trinajstić information content (AvgIpc) is 2.72. The Morgan fingerprint density at radius 1 is 1.62 bits per heavy atom. The zero-order valence-electron chi connectivity index (χ0n) is 9.02. The second-order valence-electron chi connectivity index (χ2n) is 2.78. The molecule has 7 heteroatoms. The molecule has 2 N–H and O–H groups in total. The minimum absolute atomic E-state index is 0.0231. The van der Waals surface area contributed by atoms with Crippen molar-refractivity contribution in [3.05, 3.63) is 12.7 Å². The van der Waals surface area contributed by atoms with Crippen LogP contribution in [0.1, 0.15) is 6.92 Å². The summed E-state index contributed by atoms with van der Waals surface area (Å²) in [6.07, 6.45) is 1.65. The molecule has 0 aliphatic rings. The van der Waals surface area contributed by atoms with Gasteiger partial charge in [0.25, 0.3) is 0 Å². The van der Waals surface area contributed by atoms with Crippen LogP contribution in [0.3, 0.4) is 0 Å². The Labute approximate surface area is 103 Å². The van der Waals surface area contributed by atoms with Gasteiger partial charge in [0.15, 0.2) is 4.34 Å². The Morgan fingerprint density at radius 2 is 2.44 bits per heavy atom. The number of rotatable bonds is 7. The molecule has 0 saturated heterocycles. The van der Waals surface area contributed by atoms with Crippen LogP contribution in [0.15, 0.2) is 17.0 Å². The Balaban J connectivity index is 2.30. The average molecular weight is 258 g/mol. The Morgan fingerprint density at radius 3 is 3.12 bits per heavy atom. The van der Waals surface area contributed by atoms with Crippen molar-refractivity contribution in [1.82, 2.24) is 15.5 Å². The summed E-state index contributed by atoms with van der Waals surface area (Å²) in [5.41, 5.74) is 0. The van der Waals surface area contributed by atoms with E-state index < -0.39 is 0 Å². The lowest BCUT2D eigenvalue weighted by atomic mass is 10.6. The molecule has 0 unspecified atom stereocenters. The van der Waals surface area contributed by atoms with Gasteiger partial charge in [-0.3, -0.25) is 4.79 Å². The fourth-order valence-corrected chi connectivity index (χ4v) is 2.50. The molecular weight excluding hydrogens is 244 g/mol. The third-order valence-electron chi connectivity index (χ3n) is 1.50. The predicted molar refractivity (Wildman–Crippen MR) is 68.0 cm³/mol. The molecule has 0 radical (unpaired) electrons. The zero-order chi connectivity index (χ0) is 11.8. The molecule has 0 bridgehead atoms. The summed E-state index contributed by atoms with van der Waals surface area (Å²) in [4.78, 5) is 11.3. The highest BCUT2D eigenvalue weighted by molar-refractivity contribution is 8.01. The highest BCUT2D eigenvalue weighted by atomic mass is 32.2. The highest BCUT2D eigenvalue weighted by Gasteiger charge is 2.06. The van der Waals surface area contributed by atoms with E-state index in [-0.39, 0.29) is 5.91 Å². The van der Waals surface area contributed by atoms with Gasteiger partial charge in [-0.2, -0.15) is 0 Å². The quantitative estimate of drug-likeness (QED) is 0.571. The lowest BCUT2D eigenvalue weighted by molar-refractivity contribution is -0.118. The first-order valence-electron chi connectivity index (χ1n) is 4.84. The summed E-state index contributed by atoms with van der Waals surface area (Å²) in [5.74, 6) is 0.333. The summed E-state index contributed by atoms with van der Waals surface area (Å²) in [6, 6.07) is 0. The number of aromatic nitrogens is 2. The molecule has 0 aromatic carbocycles. The molecule has 0 fully saturated rings. The van der Waals surface area contributed by atoms with Crippen LogP contribution >= 0.6 is 23.1 Å². The third kappa shape index (κ3) is 4.63. The minimum atomic E-state index is -0.0231. The number of carbonyl (C=O) groups is 1. The molecule has 0 aliphatic heterocycles. The monoisotopic (exact) mass is 258 g/mol. The van der Waals surface area contributed by atoms with E-state index >= 15 is 0 Å². The SMILES string of the molecule is C=CCNC(=O)CSc1nnc(NCC)s1. The van der Waals surface area contributed by atoms with E-state index in [0.717, 1.165) is 16.0 Å². The second-order valence-corrected chi connectivity index (χ2v) is 4.98. The van der Waals surface area contributed by atoms with Crippen molar-refractivity contribution in [1.29, 1.82) is 0 Å². The number of nitrogens with one attached hydrogen (secondary N) is 2. The highest BCUT2D eigenvalue weighted by Crippen LogP contribution is 2.24. The third-order valence-corrected chi connectivity index (χ3v) is 3.52. The maximum atomic E-state index is 11.3. The van der Waals surface area contributed by atoms with Gasteiger partial charge in [-0.1, -0.05) is 29.2 Å². The molecule has 88 valence electrons. The number of hydrogen-bond donors (Lipinski definition) is 2. The Hall–Kier alpha value is -1.08. The number of anilines is 1. The van der Waals surface area contributed by atoms with Gasteiger partial charge in [0.1, 0.15) is 0 Å². The topological polar surface area (TPSA) is 66.9 Å². The van der Waals surface area contributed by atoms with Crippen molar-refractivity contribution in [3.8, 4) is 0 Å². The number of amides is 1. The van der Waals surface area contributed by atoms with Gasteiger partial charge in [0.05, 0.1) is 5.75 Å².